The molecule has 0 radical (unpaired) electrons. The van der Waals surface area contributed by atoms with Crippen LogP contribution in [0.25, 0.3) is 11.2 Å². The van der Waals surface area contributed by atoms with Gasteiger partial charge in [0, 0.05) is 20.6 Å². The first-order valence-corrected chi connectivity index (χ1v) is 13.4. The summed E-state index contributed by atoms with van der Waals surface area (Å²) in [5, 5.41) is 2.85. The lowest BCUT2D eigenvalue weighted by Gasteiger charge is -2.20. The minimum atomic E-state index is -5.63. The van der Waals surface area contributed by atoms with Crippen molar-refractivity contribution in [1.29, 1.82) is 0 Å². The predicted octanol–water partition coefficient (Wildman–Crippen LogP) is 0.0960. The summed E-state index contributed by atoms with van der Waals surface area (Å²) in [6, 6.07) is 0. The van der Waals surface area contributed by atoms with Crippen molar-refractivity contribution in [2.24, 2.45) is 0 Å². The van der Waals surface area contributed by atoms with Gasteiger partial charge in [-0.3, -0.25) is 9.09 Å². The van der Waals surface area contributed by atoms with Crippen LogP contribution in [0.3, 0.4) is 0 Å². The molecule has 1 aliphatic heterocycles. The Labute approximate surface area is 185 Å². The minimum absolute atomic E-state index is 0.0147. The highest BCUT2D eigenvalue weighted by Crippen LogP contribution is 2.66. The van der Waals surface area contributed by atoms with E-state index in [1.807, 2.05) is 0 Å². The number of anilines is 2. The van der Waals surface area contributed by atoms with Gasteiger partial charge in [0.05, 0.1) is 19.0 Å². The van der Waals surface area contributed by atoms with Gasteiger partial charge in [0.2, 0.25) is 5.95 Å². The standard InChI is InChI=1S/C12H21N6O12P3/c1-14-10-9-11(17-12(13)16-10)18(5-15-9)8-3-6(26-2)7(28-8)4-27-32(22,23)30-33(24,25)29-31(19,20)21/h5-8H,3-4H2,1-2H3,(H,22,23)(H,24,25)(H2,19,20,21)(H3,13,14,16,17). The van der Waals surface area contributed by atoms with Crippen LogP contribution in [0.15, 0.2) is 6.33 Å². The number of hydrogen-bond donors (Lipinski definition) is 6. The van der Waals surface area contributed by atoms with Gasteiger partial charge in [-0.05, 0) is 0 Å². The molecule has 3 heterocycles. The zero-order valence-electron chi connectivity index (χ0n) is 17.0. The van der Waals surface area contributed by atoms with Crippen LogP contribution < -0.4 is 11.1 Å². The average Bonchev–Trinajstić information content (AvgIpc) is 3.26. The summed E-state index contributed by atoms with van der Waals surface area (Å²) < 4.78 is 58.7. The Morgan fingerprint density at radius 1 is 1.21 bits per heavy atom. The Bertz CT molecular complexity index is 1150. The van der Waals surface area contributed by atoms with Crippen molar-refractivity contribution in [1.82, 2.24) is 19.5 Å². The zero-order chi connectivity index (χ0) is 24.6. The summed E-state index contributed by atoms with van der Waals surface area (Å²) in [6.07, 6.45) is -0.686. The molecule has 2 aromatic heterocycles. The van der Waals surface area contributed by atoms with Crippen LogP contribution in [0.1, 0.15) is 12.6 Å². The molecule has 0 spiro atoms. The Hall–Kier alpha value is -1.52. The number of fused-ring (bicyclic) bond motifs is 1. The van der Waals surface area contributed by atoms with Crippen molar-refractivity contribution in [3.05, 3.63) is 6.33 Å². The average molecular weight is 534 g/mol. The van der Waals surface area contributed by atoms with Gasteiger partial charge in [-0.15, -0.1) is 0 Å². The molecule has 0 saturated carbocycles. The lowest BCUT2D eigenvalue weighted by Crippen LogP contribution is -2.27. The minimum Gasteiger partial charge on any atom is -0.378 e. The van der Waals surface area contributed by atoms with Crippen molar-refractivity contribution in [3.63, 3.8) is 0 Å². The number of nitrogens with zero attached hydrogens (tertiary/aromatic N) is 4. The number of ether oxygens (including phenoxy) is 2. The van der Waals surface area contributed by atoms with Crippen LogP contribution in [-0.2, 0) is 36.3 Å². The molecule has 1 saturated heterocycles. The number of nitrogens with two attached hydrogens (primary N) is 1. The summed E-state index contributed by atoms with van der Waals surface area (Å²) in [5.41, 5.74) is 6.49. The van der Waals surface area contributed by atoms with Crippen LogP contribution >= 0.6 is 23.5 Å². The maximum atomic E-state index is 12.0. The van der Waals surface area contributed by atoms with Gasteiger partial charge >= 0.3 is 23.5 Å². The molecule has 5 atom stereocenters. The van der Waals surface area contributed by atoms with Crippen LogP contribution in [-0.4, -0.2) is 72.1 Å². The molecule has 0 amide bonds. The third kappa shape index (κ3) is 6.54. The molecule has 2 aromatic rings. The van der Waals surface area contributed by atoms with Gasteiger partial charge in [0.25, 0.3) is 0 Å². The fourth-order valence-electron chi connectivity index (χ4n) is 3.06. The van der Waals surface area contributed by atoms with Crippen molar-refractivity contribution >= 4 is 46.4 Å². The van der Waals surface area contributed by atoms with Gasteiger partial charge in [-0.1, -0.05) is 0 Å². The molecule has 1 fully saturated rings. The molecule has 5 unspecified atom stereocenters. The summed E-state index contributed by atoms with van der Waals surface area (Å²) in [5.74, 6) is 0.376. The van der Waals surface area contributed by atoms with Gasteiger partial charge in [0.15, 0.2) is 17.0 Å². The number of imidazole rings is 1. The smallest absolute Gasteiger partial charge is 0.378 e. The first-order valence-electron chi connectivity index (χ1n) is 8.88. The number of hydrogen-bond acceptors (Lipinski definition) is 13. The maximum Gasteiger partial charge on any atom is 0.490 e. The highest BCUT2D eigenvalue weighted by molar-refractivity contribution is 7.66. The molecular weight excluding hydrogens is 513 g/mol. The number of phosphoric ester groups is 1. The first-order chi connectivity index (χ1) is 15.2. The summed E-state index contributed by atoms with van der Waals surface area (Å²) in [7, 11) is -13.4. The van der Waals surface area contributed by atoms with Gasteiger partial charge < -0.3 is 40.1 Å². The van der Waals surface area contributed by atoms with Crippen LogP contribution in [0.2, 0.25) is 0 Å². The SMILES string of the molecule is CNc1nc(N)nc2c1ncn2C1CC(OC)C(COP(=O)(O)OP(=O)(O)OP(=O)(O)O)O1. The second-order valence-corrected chi connectivity index (χ2v) is 11.0. The molecule has 21 heteroatoms. The monoisotopic (exact) mass is 534 g/mol. The largest absolute Gasteiger partial charge is 0.490 e. The number of nitrogen functional groups attached to an aromatic ring is 1. The van der Waals surface area contributed by atoms with Crippen molar-refractivity contribution in [2.75, 3.05) is 31.8 Å². The van der Waals surface area contributed by atoms with Crippen molar-refractivity contribution in [2.45, 2.75) is 24.9 Å². The lowest BCUT2D eigenvalue weighted by molar-refractivity contribution is -0.0502. The van der Waals surface area contributed by atoms with E-state index in [0.717, 1.165) is 0 Å². The van der Waals surface area contributed by atoms with E-state index in [1.54, 1.807) is 11.6 Å². The molecule has 18 nitrogen and oxygen atoms in total. The molecule has 7 N–H and O–H groups in total. The lowest BCUT2D eigenvalue weighted by atomic mass is 10.2. The topological polar surface area (TPSA) is 260 Å². The van der Waals surface area contributed by atoms with E-state index in [2.05, 4.69) is 33.4 Å². The number of rotatable bonds is 10. The normalized spacial score (nSPS) is 25.1. The second kappa shape index (κ2) is 9.62. The maximum absolute atomic E-state index is 12.0. The van der Waals surface area contributed by atoms with Gasteiger partial charge in [-0.2, -0.15) is 18.6 Å². The molecule has 33 heavy (non-hydrogen) atoms. The van der Waals surface area contributed by atoms with E-state index >= 15 is 0 Å². The van der Waals surface area contributed by atoms with Crippen LogP contribution in [0.4, 0.5) is 11.8 Å². The number of nitrogens with one attached hydrogen (secondary N) is 1. The molecule has 0 aromatic carbocycles. The van der Waals surface area contributed by atoms with E-state index in [-0.39, 0.29) is 12.4 Å². The number of phosphoric acid groups is 3. The molecule has 0 aliphatic carbocycles. The quantitative estimate of drug-likeness (QED) is 0.221. The molecule has 1 aliphatic rings. The van der Waals surface area contributed by atoms with Crippen LogP contribution in [0, 0.1) is 0 Å². The van der Waals surface area contributed by atoms with Gasteiger partial charge in [-0.25, -0.2) is 18.7 Å². The van der Waals surface area contributed by atoms with E-state index in [4.69, 9.17) is 25.0 Å². The van der Waals surface area contributed by atoms with Crippen molar-refractivity contribution in [3.8, 4) is 0 Å². The zero-order valence-corrected chi connectivity index (χ0v) is 19.7. The number of methoxy groups -OCH3 is 1. The molecule has 0 bridgehead atoms. The van der Waals surface area contributed by atoms with E-state index in [1.165, 1.54) is 13.4 Å². The highest BCUT2D eigenvalue weighted by atomic mass is 31.3. The highest BCUT2D eigenvalue weighted by Gasteiger charge is 2.43. The van der Waals surface area contributed by atoms with Crippen molar-refractivity contribution < 1.29 is 55.9 Å². The fourth-order valence-corrected chi connectivity index (χ4v) is 6.09. The van der Waals surface area contributed by atoms with Crippen LogP contribution in [0.5, 0.6) is 0 Å². The Morgan fingerprint density at radius 3 is 2.52 bits per heavy atom. The Balaban J connectivity index is 1.72. The summed E-state index contributed by atoms with van der Waals surface area (Å²) >= 11 is 0. The van der Waals surface area contributed by atoms with Gasteiger partial charge in [0.1, 0.15) is 12.3 Å². The first kappa shape index (κ1) is 26.1. The van der Waals surface area contributed by atoms with E-state index in [0.29, 0.717) is 17.0 Å². The molecule has 186 valence electrons. The van der Waals surface area contributed by atoms with E-state index < -0.39 is 48.5 Å². The third-order valence-electron chi connectivity index (χ3n) is 4.29. The van der Waals surface area contributed by atoms with E-state index in [9.17, 15) is 23.5 Å². The molecular formula is C12H21N6O12P3. The molecule has 3 rings (SSSR count). The number of aromatic nitrogens is 4. The predicted molar refractivity (Wildman–Crippen MR) is 108 cm³/mol. The fraction of sp³-hybridized carbons (Fsp3) is 0.583. The Morgan fingerprint density at radius 2 is 1.91 bits per heavy atom. The Kier molecular flexibility index (Phi) is 7.60. The summed E-state index contributed by atoms with van der Waals surface area (Å²) in [4.78, 5) is 48.4. The second-order valence-electron chi connectivity index (χ2n) is 6.53. The summed E-state index contributed by atoms with van der Waals surface area (Å²) in [6.45, 7) is -0.662. The third-order valence-corrected chi connectivity index (χ3v) is 8.09.